The lowest BCUT2D eigenvalue weighted by Crippen LogP contribution is -2.19. The lowest BCUT2D eigenvalue weighted by Gasteiger charge is -2.13. The number of rotatable bonds is 6. The van der Waals surface area contributed by atoms with Gasteiger partial charge in [-0.05, 0) is 25.8 Å². The van der Waals surface area contributed by atoms with Gasteiger partial charge in [-0.2, -0.15) is 0 Å². The summed E-state index contributed by atoms with van der Waals surface area (Å²) in [5.41, 5.74) is 0. The Morgan fingerprint density at radius 3 is 2.89 bits per heavy atom. The van der Waals surface area contributed by atoms with Crippen molar-refractivity contribution in [1.82, 2.24) is 15.5 Å². The molecule has 1 aromatic rings. The molecule has 5 heteroatoms. The quantitative estimate of drug-likeness (QED) is 0.862. The number of hydrogen-bond donors (Lipinski definition) is 1. The molecule has 0 spiro atoms. The summed E-state index contributed by atoms with van der Waals surface area (Å²) < 4.78 is 5.74. The van der Waals surface area contributed by atoms with Crippen LogP contribution in [0, 0.1) is 0 Å². The second kappa shape index (κ2) is 6.59. The van der Waals surface area contributed by atoms with E-state index in [0.717, 1.165) is 42.4 Å². The van der Waals surface area contributed by atoms with Crippen molar-refractivity contribution in [3.05, 3.63) is 10.0 Å². The number of hydrogen-bond acceptors (Lipinski definition) is 5. The molecule has 1 fully saturated rings. The van der Waals surface area contributed by atoms with Gasteiger partial charge in [-0.1, -0.05) is 32.1 Å². The predicted molar refractivity (Wildman–Crippen MR) is 74.0 cm³/mol. The maximum atomic E-state index is 5.74. The van der Waals surface area contributed by atoms with Crippen LogP contribution < -0.4 is 5.32 Å². The second-order valence-corrected chi connectivity index (χ2v) is 5.75. The van der Waals surface area contributed by atoms with Crippen LogP contribution in [-0.2, 0) is 4.74 Å². The highest BCUT2D eigenvalue weighted by molar-refractivity contribution is 7.11. The van der Waals surface area contributed by atoms with E-state index in [2.05, 4.69) is 36.3 Å². The summed E-state index contributed by atoms with van der Waals surface area (Å²) in [7, 11) is 0. The van der Waals surface area contributed by atoms with E-state index in [1.54, 1.807) is 11.3 Å². The average Bonchev–Trinajstić information content (AvgIpc) is 3.03. The van der Waals surface area contributed by atoms with Crippen LogP contribution in [0.5, 0.6) is 0 Å². The standard InChI is InChI=1S/C13H23N3OS/c1-4-10(14-6-3)13-16-15-12(18-13)9-7-8-17-11(9)5-2/h9-11,14H,4-8H2,1-3H3. The summed E-state index contributed by atoms with van der Waals surface area (Å²) in [6, 6.07) is 0.351. The number of nitrogens with one attached hydrogen (secondary N) is 1. The van der Waals surface area contributed by atoms with E-state index in [4.69, 9.17) is 4.74 Å². The van der Waals surface area contributed by atoms with Crippen molar-refractivity contribution >= 4 is 11.3 Å². The Morgan fingerprint density at radius 1 is 1.39 bits per heavy atom. The summed E-state index contributed by atoms with van der Waals surface area (Å²) in [5, 5.41) is 14.5. The highest BCUT2D eigenvalue weighted by atomic mass is 32.1. The fourth-order valence-electron chi connectivity index (χ4n) is 2.52. The zero-order valence-corrected chi connectivity index (χ0v) is 12.3. The third-order valence-electron chi connectivity index (χ3n) is 3.54. The molecule has 0 bridgehead atoms. The molecule has 3 atom stereocenters. The molecule has 2 heterocycles. The molecule has 0 aliphatic carbocycles. The predicted octanol–water partition coefficient (Wildman–Crippen LogP) is 2.88. The van der Waals surface area contributed by atoms with E-state index in [-0.39, 0.29) is 0 Å². The van der Waals surface area contributed by atoms with E-state index >= 15 is 0 Å². The van der Waals surface area contributed by atoms with Gasteiger partial charge in [0.1, 0.15) is 10.0 Å². The molecular formula is C13H23N3OS. The Balaban J connectivity index is 2.09. The van der Waals surface area contributed by atoms with Crippen LogP contribution in [0.3, 0.4) is 0 Å². The first-order chi connectivity index (χ1) is 8.80. The molecule has 2 rings (SSSR count). The van der Waals surface area contributed by atoms with Crippen molar-refractivity contribution in [2.24, 2.45) is 0 Å². The lowest BCUT2D eigenvalue weighted by molar-refractivity contribution is 0.100. The Morgan fingerprint density at radius 2 is 2.22 bits per heavy atom. The van der Waals surface area contributed by atoms with Gasteiger partial charge in [0.25, 0.3) is 0 Å². The summed E-state index contributed by atoms with van der Waals surface area (Å²) in [5.74, 6) is 0.459. The lowest BCUT2D eigenvalue weighted by atomic mass is 10.0. The Labute approximate surface area is 113 Å². The molecule has 0 radical (unpaired) electrons. The van der Waals surface area contributed by atoms with E-state index in [9.17, 15) is 0 Å². The molecule has 1 aliphatic rings. The molecule has 3 unspecified atom stereocenters. The van der Waals surface area contributed by atoms with Crippen LogP contribution in [-0.4, -0.2) is 29.5 Å². The molecule has 1 aromatic heterocycles. The van der Waals surface area contributed by atoms with Gasteiger partial charge in [-0.25, -0.2) is 0 Å². The minimum atomic E-state index is 0.338. The van der Waals surface area contributed by atoms with Crippen LogP contribution in [0.4, 0.5) is 0 Å². The molecular weight excluding hydrogens is 246 g/mol. The summed E-state index contributed by atoms with van der Waals surface area (Å²) >= 11 is 1.76. The van der Waals surface area contributed by atoms with Gasteiger partial charge in [-0.3, -0.25) is 0 Å². The van der Waals surface area contributed by atoms with E-state index in [0.29, 0.717) is 18.1 Å². The van der Waals surface area contributed by atoms with Crippen LogP contribution in [0.1, 0.15) is 62.0 Å². The number of ether oxygens (including phenoxy) is 1. The maximum Gasteiger partial charge on any atom is 0.134 e. The average molecular weight is 269 g/mol. The first-order valence-corrected chi connectivity index (χ1v) is 7.80. The highest BCUT2D eigenvalue weighted by Gasteiger charge is 2.31. The minimum Gasteiger partial charge on any atom is -0.377 e. The number of nitrogens with zero attached hydrogens (tertiary/aromatic N) is 2. The minimum absolute atomic E-state index is 0.338. The van der Waals surface area contributed by atoms with Crippen molar-refractivity contribution in [1.29, 1.82) is 0 Å². The van der Waals surface area contributed by atoms with Crippen LogP contribution in [0.2, 0.25) is 0 Å². The fourth-order valence-corrected chi connectivity index (χ4v) is 3.71. The van der Waals surface area contributed by atoms with Crippen molar-refractivity contribution in [2.75, 3.05) is 13.2 Å². The van der Waals surface area contributed by atoms with Crippen LogP contribution >= 0.6 is 11.3 Å². The Hall–Kier alpha value is -0.520. The van der Waals surface area contributed by atoms with Crippen molar-refractivity contribution in [3.63, 3.8) is 0 Å². The van der Waals surface area contributed by atoms with Gasteiger partial charge in [0, 0.05) is 12.5 Å². The van der Waals surface area contributed by atoms with E-state index < -0.39 is 0 Å². The van der Waals surface area contributed by atoms with Gasteiger partial charge >= 0.3 is 0 Å². The van der Waals surface area contributed by atoms with Crippen molar-refractivity contribution < 1.29 is 4.74 Å². The van der Waals surface area contributed by atoms with Crippen molar-refractivity contribution in [2.45, 2.75) is 58.1 Å². The van der Waals surface area contributed by atoms with E-state index in [1.165, 1.54) is 0 Å². The number of aromatic nitrogens is 2. The zero-order chi connectivity index (χ0) is 13.0. The SMILES string of the molecule is CCNC(CC)c1nnc(C2CCOC2CC)s1. The molecule has 0 amide bonds. The maximum absolute atomic E-state index is 5.74. The normalized spacial score (nSPS) is 25.5. The monoisotopic (exact) mass is 269 g/mol. The third kappa shape index (κ3) is 2.90. The van der Waals surface area contributed by atoms with Crippen LogP contribution in [0.25, 0.3) is 0 Å². The Kier molecular flexibility index (Phi) is 5.09. The third-order valence-corrected chi connectivity index (χ3v) is 4.71. The first-order valence-electron chi connectivity index (χ1n) is 6.98. The zero-order valence-electron chi connectivity index (χ0n) is 11.5. The van der Waals surface area contributed by atoms with Crippen molar-refractivity contribution in [3.8, 4) is 0 Å². The highest BCUT2D eigenvalue weighted by Crippen LogP contribution is 2.35. The van der Waals surface area contributed by atoms with Gasteiger partial charge < -0.3 is 10.1 Å². The largest absolute Gasteiger partial charge is 0.377 e. The fraction of sp³-hybridized carbons (Fsp3) is 0.846. The smallest absolute Gasteiger partial charge is 0.134 e. The molecule has 1 saturated heterocycles. The van der Waals surface area contributed by atoms with Crippen LogP contribution in [0.15, 0.2) is 0 Å². The summed E-state index contributed by atoms with van der Waals surface area (Å²) in [4.78, 5) is 0. The molecule has 4 nitrogen and oxygen atoms in total. The molecule has 1 aliphatic heterocycles. The molecule has 102 valence electrons. The topological polar surface area (TPSA) is 47.0 Å². The first kappa shape index (κ1) is 13.9. The van der Waals surface area contributed by atoms with Gasteiger partial charge in [0.2, 0.25) is 0 Å². The molecule has 18 heavy (non-hydrogen) atoms. The summed E-state index contributed by atoms with van der Waals surface area (Å²) in [6.45, 7) is 8.32. The Bertz CT molecular complexity index is 369. The summed E-state index contributed by atoms with van der Waals surface area (Å²) in [6.07, 6.45) is 3.54. The molecule has 1 N–H and O–H groups in total. The van der Waals surface area contributed by atoms with E-state index in [1.807, 2.05) is 0 Å². The molecule has 0 saturated carbocycles. The van der Waals surface area contributed by atoms with Gasteiger partial charge in [-0.15, -0.1) is 10.2 Å². The molecule has 0 aromatic carbocycles. The second-order valence-electron chi connectivity index (χ2n) is 4.71. The van der Waals surface area contributed by atoms with Gasteiger partial charge in [0.15, 0.2) is 0 Å². The van der Waals surface area contributed by atoms with Gasteiger partial charge in [0.05, 0.1) is 12.1 Å².